The summed E-state index contributed by atoms with van der Waals surface area (Å²) in [5, 5.41) is 0. The lowest BCUT2D eigenvalue weighted by Crippen LogP contribution is -2.22. The minimum Gasteiger partial charge on any atom is -0.423 e. The summed E-state index contributed by atoms with van der Waals surface area (Å²) in [5.74, 6) is 0.0875. The number of rotatable bonds is 13. The molecule has 0 heterocycles. The average molecular weight is 519 g/mol. The first kappa shape index (κ1) is 28.0. The van der Waals surface area contributed by atoms with Crippen LogP contribution in [-0.2, 0) is 31.0 Å². The molecule has 0 radical (unpaired) electrons. The van der Waals surface area contributed by atoms with Crippen LogP contribution in [0.3, 0.4) is 0 Å². The van der Waals surface area contributed by atoms with E-state index in [2.05, 4.69) is 109 Å². The fourth-order valence-electron chi connectivity index (χ4n) is 4.60. The quantitative estimate of drug-likeness (QED) is 0.104. The Hall–Kier alpha value is -3.99. The van der Waals surface area contributed by atoms with E-state index >= 15 is 0 Å². The first-order chi connectivity index (χ1) is 19.1. The topological polar surface area (TPSA) is 32.8 Å². The minimum absolute atomic E-state index is 0.445. The Labute approximate surface area is 233 Å². The highest BCUT2D eigenvalue weighted by Gasteiger charge is 2.08. The lowest BCUT2D eigenvalue weighted by atomic mass is 10.0. The third-order valence-corrected chi connectivity index (χ3v) is 6.91. The lowest BCUT2D eigenvalue weighted by molar-refractivity contribution is -0.128. The van der Waals surface area contributed by atoms with Crippen molar-refractivity contribution in [3.8, 4) is 16.9 Å². The van der Waals surface area contributed by atoms with E-state index in [0.717, 1.165) is 39.3 Å². The van der Waals surface area contributed by atoms with Crippen LogP contribution in [0, 0.1) is 0 Å². The van der Waals surface area contributed by atoms with E-state index in [-0.39, 0.29) is 0 Å². The van der Waals surface area contributed by atoms with E-state index in [1.54, 1.807) is 0 Å². The van der Waals surface area contributed by atoms with Gasteiger partial charge in [-0.15, -0.1) is 0 Å². The smallest absolute Gasteiger partial charge is 0.335 e. The van der Waals surface area contributed by atoms with Gasteiger partial charge in [0, 0.05) is 32.3 Å². The second-order valence-corrected chi connectivity index (χ2v) is 9.76. The number of benzene rings is 4. The average Bonchev–Trinajstić information content (AvgIpc) is 2.98. The number of hydrogen-bond acceptors (Lipinski definition) is 4. The molecule has 0 saturated carbocycles. The molecule has 0 bridgehead atoms. The summed E-state index contributed by atoms with van der Waals surface area (Å²) < 4.78 is 5.17. The molecule has 0 fully saturated rings. The summed E-state index contributed by atoms with van der Waals surface area (Å²) in [6, 6.07) is 36.2. The summed E-state index contributed by atoms with van der Waals surface area (Å²) in [6.45, 7) is 13.4. The largest absolute Gasteiger partial charge is 0.423 e. The fraction of sp³-hybridized carbons (Fsp3) is 0.229. The van der Waals surface area contributed by atoms with Crippen LogP contribution >= 0.6 is 0 Å². The lowest BCUT2D eigenvalue weighted by Gasteiger charge is -2.21. The molecule has 4 heteroatoms. The van der Waals surface area contributed by atoms with Crippen LogP contribution < -0.4 is 4.74 Å². The number of carbonyl (C=O) groups is 1. The molecule has 0 atom stereocenters. The Balaban J connectivity index is 1.32. The molecule has 4 nitrogen and oxygen atoms in total. The zero-order valence-corrected chi connectivity index (χ0v) is 23.1. The number of nitrogens with zero attached hydrogens (tertiary/aromatic N) is 2. The molecule has 0 spiro atoms. The van der Waals surface area contributed by atoms with Gasteiger partial charge in [0.05, 0.1) is 0 Å². The van der Waals surface area contributed by atoms with Crippen molar-refractivity contribution in [3.05, 3.63) is 138 Å². The molecule has 200 valence electrons. The summed E-state index contributed by atoms with van der Waals surface area (Å²) in [6.07, 6.45) is 1.17. The summed E-state index contributed by atoms with van der Waals surface area (Å²) in [4.78, 5) is 16.2. The molecule has 4 aromatic rings. The molecular weight excluding hydrogens is 480 g/mol. The molecule has 0 aromatic heterocycles. The number of hydrogen-bond donors (Lipinski definition) is 0. The van der Waals surface area contributed by atoms with Crippen LogP contribution in [0.2, 0.25) is 0 Å². The summed E-state index contributed by atoms with van der Waals surface area (Å²) >= 11 is 0. The number of ether oxygens (including phenoxy) is 1. The van der Waals surface area contributed by atoms with Crippen molar-refractivity contribution in [1.82, 2.24) is 9.80 Å². The zero-order valence-electron chi connectivity index (χ0n) is 23.1. The van der Waals surface area contributed by atoms with Crippen LogP contribution in [-0.4, -0.2) is 28.9 Å². The van der Waals surface area contributed by atoms with Crippen molar-refractivity contribution < 1.29 is 9.53 Å². The van der Waals surface area contributed by atoms with Gasteiger partial charge < -0.3 is 4.74 Å². The van der Waals surface area contributed by atoms with Crippen molar-refractivity contribution in [2.75, 3.05) is 13.1 Å². The van der Waals surface area contributed by atoms with Gasteiger partial charge in [-0.1, -0.05) is 111 Å². The monoisotopic (exact) mass is 518 g/mol. The maximum atomic E-state index is 11.4. The van der Waals surface area contributed by atoms with Gasteiger partial charge in [-0.25, -0.2) is 4.79 Å². The molecule has 0 aliphatic heterocycles. The van der Waals surface area contributed by atoms with E-state index in [1.807, 2.05) is 24.3 Å². The van der Waals surface area contributed by atoms with Gasteiger partial charge in [-0.2, -0.15) is 0 Å². The van der Waals surface area contributed by atoms with E-state index in [1.165, 1.54) is 39.5 Å². The van der Waals surface area contributed by atoms with Crippen molar-refractivity contribution in [2.45, 2.75) is 40.0 Å². The van der Waals surface area contributed by atoms with Gasteiger partial charge in [-0.3, -0.25) is 9.80 Å². The number of esters is 1. The van der Waals surface area contributed by atoms with E-state index in [9.17, 15) is 4.79 Å². The third kappa shape index (κ3) is 8.51. The van der Waals surface area contributed by atoms with Crippen LogP contribution in [0.25, 0.3) is 11.1 Å². The van der Waals surface area contributed by atoms with Gasteiger partial charge >= 0.3 is 5.97 Å². The Morgan fingerprint density at radius 1 is 0.615 bits per heavy atom. The summed E-state index contributed by atoms with van der Waals surface area (Å²) in [5.41, 5.74) is 7.61. The van der Waals surface area contributed by atoms with E-state index in [0.29, 0.717) is 5.75 Å². The first-order valence-electron chi connectivity index (χ1n) is 13.7. The molecule has 0 unspecified atom stereocenters. The molecule has 4 rings (SSSR count). The van der Waals surface area contributed by atoms with Gasteiger partial charge in [0.1, 0.15) is 5.75 Å². The molecule has 39 heavy (non-hydrogen) atoms. The standard InChI is InChI=1S/C35H38N2O2/c1-4-35(38)39-34-22-16-31(17-23-34)27-37(6-3)26-30-14-20-33(21-15-30)32-18-12-29(13-19-32)25-36(5-2)24-28-10-8-7-9-11-28/h4,7-23H,1,5-6,24-27H2,2-3H3. The van der Waals surface area contributed by atoms with Gasteiger partial charge in [-0.05, 0) is 58.6 Å². The van der Waals surface area contributed by atoms with E-state index < -0.39 is 5.97 Å². The fourth-order valence-corrected chi connectivity index (χ4v) is 4.60. The number of carbonyl (C=O) groups excluding carboxylic acids is 1. The molecule has 0 aliphatic carbocycles. The molecular formula is C35H38N2O2. The zero-order chi connectivity index (χ0) is 27.5. The maximum Gasteiger partial charge on any atom is 0.335 e. The van der Waals surface area contributed by atoms with Crippen molar-refractivity contribution in [1.29, 1.82) is 0 Å². The van der Waals surface area contributed by atoms with Gasteiger partial charge in [0.15, 0.2) is 0 Å². The maximum absolute atomic E-state index is 11.4. The first-order valence-corrected chi connectivity index (χ1v) is 13.7. The predicted octanol–water partition coefficient (Wildman–Crippen LogP) is 7.49. The van der Waals surface area contributed by atoms with Crippen molar-refractivity contribution in [2.24, 2.45) is 0 Å². The molecule has 0 saturated heterocycles. The van der Waals surface area contributed by atoms with Gasteiger partial charge in [0.2, 0.25) is 0 Å². The Morgan fingerprint density at radius 3 is 1.38 bits per heavy atom. The van der Waals surface area contributed by atoms with E-state index in [4.69, 9.17) is 4.74 Å². The van der Waals surface area contributed by atoms with Crippen LogP contribution in [0.1, 0.15) is 36.1 Å². The highest BCUT2D eigenvalue weighted by atomic mass is 16.5. The molecule has 0 N–H and O–H groups in total. The molecule has 4 aromatic carbocycles. The van der Waals surface area contributed by atoms with Crippen molar-refractivity contribution in [3.63, 3.8) is 0 Å². The van der Waals surface area contributed by atoms with Gasteiger partial charge in [0.25, 0.3) is 0 Å². The second-order valence-electron chi connectivity index (χ2n) is 9.76. The third-order valence-electron chi connectivity index (χ3n) is 6.91. The van der Waals surface area contributed by atoms with Crippen molar-refractivity contribution >= 4 is 5.97 Å². The molecule has 0 amide bonds. The Kier molecular flexibility index (Phi) is 10.2. The molecule has 0 aliphatic rings. The van der Waals surface area contributed by atoms with Crippen LogP contribution in [0.15, 0.2) is 116 Å². The van der Waals surface area contributed by atoms with Crippen LogP contribution in [0.5, 0.6) is 5.75 Å². The normalized spacial score (nSPS) is 11.1. The highest BCUT2D eigenvalue weighted by molar-refractivity contribution is 5.83. The minimum atomic E-state index is -0.445. The second kappa shape index (κ2) is 14.2. The predicted molar refractivity (Wildman–Crippen MR) is 160 cm³/mol. The highest BCUT2D eigenvalue weighted by Crippen LogP contribution is 2.22. The Morgan fingerprint density at radius 2 is 1.00 bits per heavy atom. The SMILES string of the molecule is C=CC(=O)Oc1ccc(CN(CC)Cc2ccc(-c3ccc(CN(CC)Cc4ccccc4)cc3)cc2)cc1. The summed E-state index contributed by atoms with van der Waals surface area (Å²) in [7, 11) is 0. The van der Waals surface area contributed by atoms with Crippen LogP contribution in [0.4, 0.5) is 0 Å². The Bertz CT molecular complexity index is 1310.